The van der Waals surface area contributed by atoms with Crippen LogP contribution in [0.2, 0.25) is 0 Å². The average Bonchev–Trinajstić information content (AvgIpc) is 2.61. The molecule has 0 saturated carbocycles. The molecule has 3 saturated heterocycles. The van der Waals surface area contributed by atoms with Crippen LogP contribution in [0.3, 0.4) is 0 Å². The molecule has 2 atom stereocenters. The van der Waals surface area contributed by atoms with Crippen LogP contribution < -0.4 is 4.90 Å². The quantitative estimate of drug-likeness (QED) is 0.753. The molecule has 3 fully saturated rings. The van der Waals surface area contributed by atoms with Crippen LogP contribution in [0.15, 0.2) is 23.1 Å². The van der Waals surface area contributed by atoms with Crippen molar-refractivity contribution in [3.05, 3.63) is 23.8 Å². The number of rotatable bonds is 4. The summed E-state index contributed by atoms with van der Waals surface area (Å²) in [6, 6.07) is 5.74. The van der Waals surface area contributed by atoms with Gasteiger partial charge < -0.3 is 15.1 Å². The van der Waals surface area contributed by atoms with Gasteiger partial charge in [-0.15, -0.1) is 0 Å². The van der Waals surface area contributed by atoms with Gasteiger partial charge in [-0.05, 0) is 49.8 Å². The maximum atomic E-state index is 13.4. The van der Waals surface area contributed by atoms with E-state index in [4.69, 9.17) is 0 Å². The molecule has 0 aliphatic carbocycles. The fourth-order valence-corrected chi connectivity index (χ4v) is 6.55. The highest BCUT2D eigenvalue weighted by Crippen LogP contribution is 2.34. The summed E-state index contributed by atoms with van der Waals surface area (Å²) in [5.41, 5.74) is 1.72. The van der Waals surface area contributed by atoms with Crippen molar-refractivity contribution < 1.29 is 18.6 Å². The summed E-state index contributed by atoms with van der Waals surface area (Å²) >= 11 is 0. The molecule has 0 spiro atoms. The second-order valence-electron chi connectivity index (χ2n) is 9.11. The van der Waals surface area contributed by atoms with Gasteiger partial charge in [0.25, 0.3) is 0 Å². The van der Waals surface area contributed by atoms with Crippen LogP contribution in [0.1, 0.15) is 31.7 Å². The first-order valence-corrected chi connectivity index (χ1v) is 12.1. The molecule has 0 unspecified atom stereocenters. The Morgan fingerprint density at radius 3 is 2.34 bits per heavy atom. The van der Waals surface area contributed by atoms with Gasteiger partial charge in [0.2, 0.25) is 10.0 Å². The lowest BCUT2D eigenvalue weighted by atomic mass is 9.97. The Bertz CT molecular complexity index is 822. The molecule has 0 aromatic heterocycles. The maximum absolute atomic E-state index is 13.4. The lowest BCUT2D eigenvalue weighted by Crippen LogP contribution is -2.62. The molecule has 3 heterocycles. The Hall–Kier alpha value is -1.19. The molecule has 3 aliphatic heterocycles. The normalized spacial score (nSPS) is 28.5. The standard InChI is InChI=1S/C21H33N3O4S/c1-15-3-4-21(20(10-15)23-11-16(2)9-19(26)14-23)29(27,28)24-12-17(13-24)22-7-5-18(25)6-8-22/h3-4,10,16-19,25-26H,5-9,11-14H2,1-2H3/t16-,19+/m1/s1. The van der Waals surface area contributed by atoms with Gasteiger partial charge in [0.1, 0.15) is 4.90 Å². The minimum atomic E-state index is -3.58. The van der Waals surface area contributed by atoms with Crippen LogP contribution in [0, 0.1) is 12.8 Å². The molecule has 0 radical (unpaired) electrons. The summed E-state index contributed by atoms with van der Waals surface area (Å²) in [6.45, 7) is 7.95. The minimum absolute atomic E-state index is 0.219. The van der Waals surface area contributed by atoms with Gasteiger partial charge in [0.05, 0.1) is 17.9 Å². The Balaban J connectivity index is 1.52. The topological polar surface area (TPSA) is 84.3 Å². The molecule has 1 aromatic rings. The van der Waals surface area contributed by atoms with Gasteiger partial charge in [-0.3, -0.25) is 4.90 Å². The molecule has 0 bridgehead atoms. The zero-order valence-corrected chi connectivity index (χ0v) is 18.2. The van der Waals surface area contributed by atoms with Gasteiger partial charge in [0.15, 0.2) is 0 Å². The van der Waals surface area contributed by atoms with Gasteiger partial charge in [-0.25, -0.2) is 8.42 Å². The number of anilines is 1. The van der Waals surface area contributed by atoms with E-state index in [1.807, 2.05) is 24.0 Å². The number of β-amino-alcohol motifs (C(OH)–C–C–N with tert-alkyl or cyclic N) is 1. The third-order valence-electron chi connectivity index (χ3n) is 6.55. The SMILES string of the molecule is Cc1ccc(S(=O)(=O)N2CC(N3CCC(O)CC3)C2)c(N2C[C@H](C)C[C@H](O)C2)c1. The summed E-state index contributed by atoms with van der Waals surface area (Å²) in [5.74, 6) is 0.317. The Labute approximate surface area is 174 Å². The van der Waals surface area contributed by atoms with E-state index in [0.29, 0.717) is 36.1 Å². The summed E-state index contributed by atoms with van der Waals surface area (Å²) in [6.07, 6.45) is 1.63. The van der Waals surface area contributed by atoms with E-state index in [9.17, 15) is 18.6 Å². The summed E-state index contributed by atoms with van der Waals surface area (Å²) in [5, 5.41) is 19.9. The first kappa shape index (κ1) is 21.1. The van der Waals surface area contributed by atoms with E-state index in [1.54, 1.807) is 10.4 Å². The van der Waals surface area contributed by atoms with Crippen molar-refractivity contribution in [2.24, 2.45) is 5.92 Å². The highest BCUT2D eigenvalue weighted by Gasteiger charge is 2.42. The molecular weight excluding hydrogens is 390 g/mol. The van der Waals surface area contributed by atoms with Crippen molar-refractivity contribution >= 4 is 15.7 Å². The number of hydrogen-bond acceptors (Lipinski definition) is 6. The van der Waals surface area contributed by atoms with E-state index >= 15 is 0 Å². The second-order valence-corrected chi connectivity index (χ2v) is 11.0. The van der Waals surface area contributed by atoms with E-state index in [1.165, 1.54) is 0 Å². The first-order valence-electron chi connectivity index (χ1n) is 10.7. The number of sulfonamides is 1. The second kappa shape index (κ2) is 8.15. The predicted octanol–water partition coefficient (Wildman–Crippen LogP) is 1.03. The van der Waals surface area contributed by atoms with Crippen molar-refractivity contribution in [3.63, 3.8) is 0 Å². The van der Waals surface area contributed by atoms with Crippen LogP contribution in [0.25, 0.3) is 0 Å². The van der Waals surface area contributed by atoms with E-state index < -0.39 is 16.1 Å². The number of benzene rings is 1. The highest BCUT2D eigenvalue weighted by molar-refractivity contribution is 7.89. The van der Waals surface area contributed by atoms with Crippen LogP contribution in [-0.4, -0.2) is 85.4 Å². The van der Waals surface area contributed by atoms with Crippen molar-refractivity contribution in [1.29, 1.82) is 0 Å². The third-order valence-corrected chi connectivity index (χ3v) is 8.43. The van der Waals surface area contributed by atoms with Gasteiger partial charge in [-0.2, -0.15) is 4.31 Å². The molecule has 0 amide bonds. The van der Waals surface area contributed by atoms with Crippen LogP contribution in [0.5, 0.6) is 0 Å². The molecule has 29 heavy (non-hydrogen) atoms. The Morgan fingerprint density at radius 1 is 1.00 bits per heavy atom. The van der Waals surface area contributed by atoms with Gasteiger partial charge >= 0.3 is 0 Å². The summed E-state index contributed by atoms with van der Waals surface area (Å²) in [4.78, 5) is 4.68. The van der Waals surface area contributed by atoms with Crippen molar-refractivity contribution in [2.45, 2.75) is 56.3 Å². The Morgan fingerprint density at radius 2 is 1.69 bits per heavy atom. The zero-order chi connectivity index (χ0) is 20.8. The summed E-state index contributed by atoms with van der Waals surface area (Å²) < 4.78 is 28.4. The monoisotopic (exact) mass is 423 g/mol. The highest BCUT2D eigenvalue weighted by atomic mass is 32.2. The van der Waals surface area contributed by atoms with Crippen LogP contribution >= 0.6 is 0 Å². The van der Waals surface area contributed by atoms with E-state index in [2.05, 4.69) is 11.8 Å². The Kier molecular flexibility index (Phi) is 5.92. The van der Waals surface area contributed by atoms with Crippen LogP contribution in [0.4, 0.5) is 5.69 Å². The number of aliphatic hydroxyl groups excluding tert-OH is 2. The first-order chi connectivity index (χ1) is 13.7. The fraction of sp³-hybridized carbons (Fsp3) is 0.714. The maximum Gasteiger partial charge on any atom is 0.245 e. The number of piperidine rings is 2. The van der Waals surface area contributed by atoms with Crippen molar-refractivity contribution in [3.8, 4) is 0 Å². The van der Waals surface area contributed by atoms with Crippen LogP contribution in [-0.2, 0) is 10.0 Å². The summed E-state index contributed by atoms with van der Waals surface area (Å²) in [7, 11) is -3.58. The fourth-order valence-electron chi connectivity index (χ4n) is 4.84. The molecule has 1 aromatic carbocycles. The van der Waals surface area contributed by atoms with Gasteiger partial charge in [-0.1, -0.05) is 13.0 Å². The largest absolute Gasteiger partial charge is 0.393 e. The molecule has 8 heteroatoms. The zero-order valence-electron chi connectivity index (χ0n) is 17.4. The van der Waals surface area contributed by atoms with Crippen molar-refractivity contribution in [1.82, 2.24) is 9.21 Å². The number of hydrogen-bond donors (Lipinski definition) is 2. The number of nitrogens with zero attached hydrogens (tertiary/aromatic N) is 3. The van der Waals surface area contributed by atoms with Crippen molar-refractivity contribution in [2.75, 3.05) is 44.2 Å². The molecule has 4 rings (SSSR count). The lowest BCUT2D eigenvalue weighted by molar-refractivity contribution is 0.0239. The smallest absolute Gasteiger partial charge is 0.245 e. The predicted molar refractivity (Wildman–Crippen MR) is 113 cm³/mol. The number of aliphatic hydroxyl groups is 2. The minimum Gasteiger partial charge on any atom is -0.393 e. The number of likely N-dealkylation sites (tertiary alicyclic amines) is 1. The van der Waals surface area contributed by atoms with E-state index in [0.717, 1.165) is 44.5 Å². The molecule has 7 nitrogen and oxygen atoms in total. The molecular formula is C21H33N3O4S. The lowest BCUT2D eigenvalue weighted by Gasteiger charge is -2.46. The average molecular weight is 424 g/mol. The molecule has 2 N–H and O–H groups in total. The molecule has 162 valence electrons. The van der Waals surface area contributed by atoms with E-state index in [-0.39, 0.29) is 12.1 Å². The number of aryl methyl sites for hydroxylation is 1. The molecule has 3 aliphatic rings. The van der Waals surface area contributed by atoms with Gasteiger partial charge in [0, 0.05) is 45.3 Å². The third kappa shape index (κ3) is 4.32.